The first kappa shape index (κ1) is 14.1. The van der Waals surface area contributed by atoms with E-state index in [-0.39, 0.29) is 0 Å². The molecule has 0 aromatic heterocycles. The van der Waals surface area contributed by atoms with Crippen LogP contribution in [0.15, 0.2) is 12.2 Å². The third-order valence-corrected chi connectivity index (χ3v) is 2.01. The van der Waals surface area contributed by atoms with Crippen LogP contribution in [0, 0.1) is 0 Å². The number of rotatable bonds is 8. The molecule has 0 radical (unpaired) electrons. The monoisotopic (exact) mass is 220 g/mol. The molecule has 0 amide bonds. The molecular weight excluding hydrogens is 202 g/mol. The minimum absolute atomic E-state index is 0.494. The van der Waals surface area contributed by atoms with Gasteiger partial charge in [-0.05, 0) is 18.9 Å². The molecule has 0 unspecified atom stereocenters. The highest BCUT2D eigenvalue weighted by molar-refractivity contribution is 5.66. The second kappa shape index (κ2) is 7.37. The SMILES string of the molecule is CCCCC/C=C\C(F)(F)CCC(=O)O. The summed E-state index contributed by atoms with van der Waals surface area (Å²) in [6, 6.07) is 0. The molecule has 4 heteroatoms. The molecule has 0 rings (SSSR count). The van der Waals surface area contributed by atoms with Crippen LogP contribution in [0.2, 0.25) is 0 Å². The summed E-state index contributed by atoms with van der Waals surface area (Å²) >= 11 is 0. The van der Waals surface area contributed by atoms with E-state index < -0.39 is 24.7 Å². The van der Waals surface area contributed by atoms with Crippen LogP contribution in [0.4, 0.5) is 8.78 Å². The Balaban J connectivity index is 3.75. The zero-order chi connectivity index (χ0) is 11.7. The Hall–Kier alpha value is -0.930. The highest BCUT2D eigenvalue weighted by Crippen LogP contribution is 2.22. The third-order valence-electron chi connectivity index (χ3n) is 2.01. The Kier molecular flexibility index (Phi) is 6.92. The normalized spacial score (nSPS) is 12.2. The van der Waals surface area contributed by atoms with Crippen molar-refractivity contribution in [3.63, 3.8) is 0 Å². The van der Waals surface area contributed by atoms with E-state index in [2.05, 4.69) is 0 Å². The van der Waals surface area contributed by atoms with Crippen molar-refractivity contribution < 1.29 is 18.7 Å². The lowest BCUT2D eigenvalue weighted by Crippen LogP contribution is -2.14. The second-order valence-electron chi connectivity index (χ2n) is 3.55. The summed E-state index contributed by atoms with van der Waals surface area (Å²) in [6.45, 7) is 2.05. The lowest BCUT2D eigenvalue weighted by atomic mass is 10.1. The average Bonchev–Trinajstić information content (AvgIpc) is 2.15. The first-order valence-electron chi connectivity index (χ1n) is 5.25. The van der Waals surface area contributed by atoms with Gasteiger partial charge in [-0.2, -0.15) is 0 Å². The molecule has 0 aliphatic heterocycles. The van der Waals surface area contributed by atoms with Crippen LogP contribution in [0.3, 0.4) is 0 Å². The van der Waals surface area contributed by atoms with Gasteiger partial charge >= 0.3 is 5.97 Å². The van der Waals surface area contributed by atoms with Gasteiger partial charge in [-0.3, -0.25) is 4.79 Å². The number of hydrogen-bond donors (Lipinski definition) is 1. The highest BCUT2D eigenvalue weighted by Gasteiger charge is 2.25. The molecule has 1 N–H and O–H groups in total. The van der Waals surface area contributed by atoms with Gasteiger partial charge in [0.05, 0.1) is 6.42 Å². The second-order valence-corrected chi connectivity index (χ2v) is 3.55. The molecule has 0 aliphatic carbocycles. The molecule has 0 aliphatic rings. The van der Waals surface area contributed by atoms with E-state index in [1.54, 1.807) is 0 Å². The van der Waals surface area contributed by atoms with E-state index in [1.807, 2.05) is 6.92 Å². The predicted molar refractivity (Wildman–Crippen MR) is 55.1 cm³/mol. The van der Waals surface area contributed by atoms with Crippen molar-refractivity contribution in [1.82, 2.24) is 0 Å². The number of halogens is 2. The van der Waals surface area contributed by atoms with Gasteiger partial charge in [0.15, 0.2) is 0 Å². The fourth-order valence-electron chi connectivity index (χ4n) is 1.12. The van der Waals surface area contributed by atoms with Crippen molar-refractivity contribution >= 4 is 5.97 Å². The average molecular weight is 220 g/mol. The smallest absolute Gasteiger partial charge is 0.303 e. The molecule has 0 fully saturated rings. The highest BCUT2D eigenvalue weighted by atomic mass is 19.3. The number of carboxylic acids is 1. The molecular formula is C11H18F2O2. The van der Waals surface area contributed by atoms with Crippen molar-refractivity contribution in [3.05, 3.63) is 12.2 Å². The van der Waals surface area contributed by atoms with Gasteiger partial charge in [-0.15, -0.1) is 0 Å². The molecule has 15 heavy (non-hydrogen) atoms. The van der Waals surface area contributed by atoms with E-state index >= 15 is 0 Å². The molecule has 0 aromatic carbocycles. The molecule has 0 heterocycles. The van der Waals surface area contributed by atoms with Gasteiger partial charge in [-0.25, -0.2) is 8.78 Å². The van der Waals surface area contributed by atoms with Crippen LogP contribution in [-0.4, -0.2) is 17.0 Å². The number of allylic oxidation sites excluding steroid dienone is 2. The van der Waals surface area contributed by atoms with Crippen molar-refractivity contribution in [2.24, 2.45) is 0 Å². The van der Waals surface area contributed by atoms with E-state index in [0.29, 0.717) is 6.42 Å². The Morgan fingerprint density at radius 2 is 2.07 bits per heavy atom. The Morgan fingerprint density at radius 1 is 1.40 bits per heavy atom. The summed E-state index contributed by atoms with van der Waals surface area (Å²) in [5, 5.41) is 8.26. The molecule has 0 bridgehead atoms. The molecule has 2 nitrogen and oxygen atoms in total. The van der Waals surface area contributed by atoms with Gasteiger partial charge < -0.3 is 5.11 Å². The molecule has 0 atom stereocenters. The number of aliphatic carboxylic acids is 1. The van der Waals surface area contributed by atoms with Gasteiger partial charge in [0.2, 0.25) is 0 Å². The van der Waals surface area contributed by atoms with E-state index in [0.717, 1.165) is 25.3 Å². The minimum Gasteiger partial charge on any atom is -0.481 e. The van der Waals surface area contributed by atoms with E-state index in [4.69, 9.17) is 5.11 Å². The zero-order valence-electron chi connectivity index (χ0n) is 9.01. The number of hydrogen-bond acceptors (Lipinski definition) is 1. The van der Waals surface area contributed by atoms with Crippen LogP contribution >= 0.6 is 0 Å². The van der Waals surface area contributed by atoms with Crippen LogP contribution in [0.25, 0.3) is 0 Å². The third kappa shape index (κ3) is 9.38. The fraction of sp³-hybridized carbons (Fsp3) is 0.727. The van der Waals surface area contributed by atoms with E-state index in [9.17, 15) is 13.6 Å². The number of carboxylic acid groups (broad SMARTS) is 1. The maximum Gasteiger partial charge on any atom is 0.303 e. The largest absolute Gasteiger partial charge is 0.481 e. The van der Waals surface area contributed by atoms with Gasteiger partial charge in [0.1, 0.15) is 0 Å². The van der Waals surface area contributed by atoms with Crippen LogP contribution in [-0.2, 0) is 4.79 Å². The van der Waals surface area contributed by atoms with Crippen LogP contribution in [0.5, 0.6) is 0 Å². The molecule has 0 spiro atoms. The summed E-state index contributed by atoms with van der Waals surface area (Å²) in [7, 11) is 0. The Morgan fingerprint density at radius 3 is 2.60 bits per heavy atom. The topological polar surface area (TPSA) is 37.3 Å². The van der Waals surface area contributed by atoms with Crippen molar-refractivity contribution in [1.29, 1.82) is 0 Å². The minimum atomic E-state index is -2.98. The fourth-order valence-corrected chi connectivity index (χ4v) is 1.12. The predicted octanol–water partition coefficient (Wildman–Crippen LogP) is 3.62. The van der Waals surface area contributed by atoms with Gasteiger partial charge in [0.25, 0.3) is 5.92 Å². The number of carbonyl (C=O) groups is 1. The first-order valence-corrected chi connectivity index (χ1v) is 5.25. The van der Waals surface area contributed by atoms with E-state index in [1.165, 1.54) is 6.08 Å². The maximum absolute atomic E-state index is 12.9. The van der Waals surface area contributed by atoms with Crippen LogP contribution < -0.4 is 0 Å². The number of alkyl halides is 2. The molecule has 88 valence electrons. The molecule has 0 aromatic rings. The van der Waals surface area contributed by atoms with Crippen molar-refractivity contribution in [2.75, 3.05) is 0 Å². The maximum atomic E-state index is 12.9. The van der Waals surface area contributed by atoms with Gasteiger partial charge in [0, 0.05) is 6.42 Å². The lowest BCUT2D eigenvalue weighted by Gasteiger charge is -2.09. The molecule has 0 saturated heterocycles. The quantitative estimate of drug-likeness (QED) is 0.501. The summed E-state index contributed by atoms with van der Waals surface area (Å²) < 4.78 is 25.9. The summed E-state index contributed by atoms with van der Waals surface area (Å²) in [5.74, 6) is -4.17. The van der Waals surface area contributed by atoms with Gasteiger partial charge in [-0.1, -0.05) is 25.8 Å². The lowest BCUT2D eigenvalue weighted by molar-refractivity contribution is -0.138. The van der Waals surface area contributed by atoms with Crippen molar-refractivity contribution in [2.45, 2.75) is 51.4 Å². The number of unbranched alkanes of at least 4 members (excludes halogenated alkanes) is 3. The molecule has 0 saturated carbocycles. The summed E-state index contributed by atoms with van der Waals surface area (Å²) in [6.07, 6.45) is 4.79. The zero-order valence-corrected chi connectivity index (χ0v) is 9.01. The standard InChI is InChI=1S/C11H18F2O2/c1-2-3-4-5-6-8-11(12,13)9-7-10(14)15/h6,8H,2-5,7,9H2,1H3,(H,14,15)/b8-6-. The summed E-state index contributed by atoms with van der Waals surface area (Å²) in [5.41, 5.74) is 0. The summed E-state index contributed by atoms with van der Waals surface area (Å²) in [4.78, 5) is 10.1. The van der Waals surface area contributed by atoms with Crippen LogP contribution in [0.1, 0.15) is 45.4 Å². The Bertz CT molecular complexity index is 213. The first-order chi connectivity index (χ1) is 6.98. The van der Waals surface area contributed by atoms with Crippen molar-refractivity contribution in [3.8, 4) is 0 Å². The Labute approximate surface area is 89.0 Å².